The summed E-state index contributed by atoms with van der Waals surface area (Å²) in [5.74, 6) is 0. The molecule has 2 rings (SSSR count). The van der Waals surface area contributed by atoms with Gasteiger partial charge in [0.1, 0.15) is 5.60 Å². The minimum atomic E-state index is -0.450. The molecule has 3 atom stereocenters. The smallest absolute Gasteiger partial charge is 0.407 e. The molecule has 2 saturated carbocycles. The summed E-state index contributed by atoms with van der Waals surface area (Å²) < 4.78 is 11.2. The Kier molecular flexibility index (Phi) is 5.95. The molecule has 5 nitrogen and oxygen atoms in total. The molecule has 0 aromatic heterocycles. The van der Waals surface area contributed by atoms with Gasteiger partial charge in [-0.3, -0.25) is 0 Å². The summed E-state index contributed by atoms with van der Waals surface area (Å²) in [5, 5.41) is 6.64. The van der Waals surface area contributed by atoms with Gasteiger partial charge in [-0.25, -0.2) is 4.79 Å². The molecule has 0 aromatic carbocycles. The molecule has 134 valence electrons. The van der Waals surface area contributed by atoms with E-state index in [0.29, 0.717) is 24.1 Å². The molecular weight excluding hydrogens is 292 g/mol. The molecular formula is C18H34N2O3. The van der Waals surface area contributed by atoms with E-state index >= 15 is 0 Å². The average molecular weight is 326 g/mol. The zero-order chi connectivity index (χ0) is 17.1. The second kappa shape index (κ2) is 7.39. The first-order valence-corrected chi connectivity index (χ1v) is 9.15. The number of nitrogens with one attached hydrogen (secondary N) is 2. The fourth-order valence-electron chi connectivity index (χ4n) is 3.80. The highest BCUT2D eigenvalue weighted by Crippen LogP contribution is 2.57. The van der Waals surface area contributed by atoms with E-state index in [0.717, 1.165) is 19.4 Å². The largest absolute Gasteiger partial charge is 0.444 e. The van der Waals surface area contributed by atoms with Crippen molar-refractivity contribution >= 4 is 6.09 Å². The fraction of sp³-hybridized carbons (Fsp3) is 0.944. The van der Waals surface area contributed by atoms with Crippen molar-refractivity contribution in [3.8, 4) is 0 Å². The van der Waals surface area contributed by atoms with Gasteiger partial charge < -0.3 is 20.1 Å². The number of ether oxygens (including phenoxy) is 2. The second-order valence-corrected chi connectivity index (χ2v) is 7.97. The van der Waals surface area contributed by atoms with Gasteiger partial charge in [0.2, 0.25) is 0 Å². The maximum Gasteiger partial charge on any atom is 0.407 e. The first-order valence-electron chi connectivity index (χ1n) is 9.15. The van der Waals surface area contributed by atoms with Crippen LogP contribution in [0.15, 0.2) is 0 Å². The van der Waals surface area contributed by atoms with Gasteiger partial charge >= 0.3 is 6.09 Å². The van der Waals surface area contributed by atoms with Crippen molar-refractivity contribution in [3.63, 3.8) is 0 Å². The Morgan fingerprint density at radius 2 is 2.00 bits per heavy atom. The van der Waals surface area contributed by atoms with Crippen LogP contribution in [0.2, 0.25) is 0 Å². The lowest BCUT2D eigenvalue weighted by Crippen LogP contribution is -2.68. The van der Waals surface area contributed by atoms with Crippen LogP contribution >= 0.6 is 0 Å². The van der Waals surface area contributed by atoms with Crippen LogP contribution < -0.4 is 10.6 Å². The summed E-state index contributed by atoms with van der Waals surface area (Å²) in [6.45, 7) is 11.3. The third-order valence-corrected chi connectivity index (χ3v) is 5.26. The molecule has 1 spiro atoms. The molecule has 23 heavy (non-hydrogen) atoms. The summed E-state index contributed by atoms with van der Waals surface area (Å²) in [7, 11) is 0. The third-order valence-electron chi connectivity index (χ3n) is 5.26. The molecule has 5 heteroatoms. The fourth-order valence-corrected chi connectivity index (χ4v) is 3.80. The molecule has 2 aliphatic carbocycles. The van der Waals surface area contributed by atoms with Gasteiger partial charge in [0.15, 0.2) is 0 Å². The molecule has 3 unspecified atom stereocenters. The van der Waals surface area contributed by atoms with E-state index in [-0.39, 0.29) is 12.1 Å². The molecule has 2 N–H and O–H groups in total. The lowest BCUT2D eigenvalue weighted by molar-refractivity contribution is -0.174. The topological polar surface area (TPSA) is 59.6 Å². The molecule has 2 aliphatic rings. The van der Waals surface area contributed by atoms with Crippen LogP contribution in [0.3, 0.4) is 0 Å². The van der Waals surface area contributed by atoms with Gasteiger partial charge in [0.25, 0.3) is 0 Å². The summed E-state index contributed by atoms with van der Waals surface area (Å²) in [6.07, 6.45) is 6.02. The summed E-state index contributed by atoms with van der Waals surface area (Å²) >= 11 is 0. The van der Waals surface area contributed by atoms with Crippen molar-refractivity contribution in [2.45, 2.75) is 90.5 Å². The van der Waals surface area contributed by atoms with Crippen LogP contribution in [0.25, 0.3) is 0 Å². The van der Waals surface area contributed by atoms with Gasteiger partial charge in [-0.15, -0.1) is 0 Å². The van der Waals surface area contributed by atoms with Gasteiger partial charge in [0.05, 0.1) is 6.10 Å². The lowest BCUT2D eigenvalue weighted by Gasteiger charge is -2.61. The molecule has 2 fully saturated rings. The molecule has 0 aromatic rings. The van der Waals surface area contributed by atoms with Crippen molar-refractivity contribution in [3.05, 3.63) is 0 Å². The van der Waals surface area contributed by atoms with E-state index in [9.17, 15) is 4.79 Å². The number of hydrogen-bond acceptors (Lipinski definition) is 4. The van der Waals surface area contributed by atoms with Crippen molar-refractivity contribution in [2.75, 3.05) is 13.2 Å². The van der Waals surface area contributed by atoms with E-state index in [4.69, 9.17) is 9.47 Å². The second-order valence-electron chi connectivity index (χ2n) is 7.97. The molecule has 0 aliphatic heterocycles. The molecule has 0 bridgehead atoms. The zero-order valence-electron chi connectivity index (χ0n) is 15.4. The highest BCUT2D eigenvalue weighted by atomic mass is 16.6. The number of rotatable bonds is 7. The van der Waals surface area contributed by atoms with Crippen LogP contribution in [0.4, 0.5) is 4.79 Å². The molecule has 1 amide bonds. The van der Waals surface area contributed by atoms with Gasteiger partial charge in [-0.1, -0.05) is 13.3 Å². The number of carbonyl (C=O) groups excluding carboxylic acids is 1. The van der Waals surface area contributed by atoms with Gasteiger partial charge in [-0.2, -0.15) is 0 Å². The number of alkyl carbamates (subject to hydrolysis) is 1. The Morgan fingerprint density at radius 1 is 1.30 bits per heavy atom. The molecule has 0 radical (unpaired) electrons. The van der Waals surface area contributed by atoms with Crippen molar-refractivity contribution in [1.29, 1.82) is 0 Å². The predicted octanol–water partition coefficient (Wildman–Crippen LogP) is 3.23. The predicted molar refractivity (Wildman–Crippen MR) is 91.6 cm³/mol. The number of amides is 1. The Bertz CT molecular complexity index is 402. The van der Waals surface area contributed by atoms with Crippen LogP contribution in [0, 0.1) is 5.41 Å². The summed E-state index contributed by atoms with van der Waals surface area (Å²) in [4.78, 5) is 11.8. The normalized spacial score (nSPS) is 27.0. The molecule has 0 saturated heterocycles. The van der Waals surface area contributed by atoms with E-state index in [1.807, 2.05) is 20.8 Å². The van der Waals surface area contributed by atoms with E-state index in [1.165, 1.54) is 19.3 Å². The standard InChI is InChI=1S/C18H34N2O3/c1-6-13(12-19-16(21)23-17(3,4)5)20-14-11-15(22-7-2)18(14)9-8-10-18/h13-15,20H,6-12H2,1-5H3,(H,19,21). The van der Waals surface area contributed by atoms with Crippen molar-refractivity contribution in [2.24, 2.45) is 5.41 Å². The maximum atomic E-state index is 11.8. The SMILES string of the molecule is CCOC1CC(NC(CC)CNC(=O)OC(C)(C)C)C12CCC2. The quantitative estimate of drug-likeness (QED) is 0.754. The van der Waals surface area contributed by atoms with E-state index < -0.39 is 5.60 Å². The Labute approximate surface area is 140 Å². The van der Waals surface area contributed by atoms with Crippen molar-refractivity contribution < 1.29 is 14.3 Å². The van der Waals surface area contributed by atoms with Crippen LogP contribution in [-0.4, -0.2) is 43.0 Å². The van der Waals surface area contributed by atoms with Gasteiger partial charge in [-0.05, 0) is 53.4 Å². The lowest BCUT2D eigenvalue weighted by atomic mass is 9.51. The summed E-state index contributed by atoms with van der Waals surface area (Å²) in [6, 6.07) is 0.811. The van der Waals surface area contributed by atoms with E-state index in [1.54, 1.807) is 0 Å². The Balaban J connectivity index is 1.78. The highest BCUT2D eigenvalue weighted by molar-refractivity contribution is 5.67. The Hall–Kier alpha value is -0.810. The minimum Gasteiger partial charge on any atom is -0.444 e. The third kappa shape index (κ3) is 4.38. The first-order chi connectivity index (χ1) is 10.8. The first kappa shape index (κ1) is 18.5. The maximum absolute atomic E-state index is 11.8. The monoisotopic (exact) mass is 326 g/mol. The Morgan fingerprint density at radius 3 is 2.48 bits per heavy atom. The number of carbonyl (C=O) groups is 1. The van der Waals surface area contributed by atoms with E-state index in [2.05, 4.69) is 24.5 Å². The van der Waals surface area contributed by atoms with Crippen LogP contribution in [-0.2, 0) is 9.47 Å². The van der Waals surface area contributed by atoms with Crippen LogP contribution in [0.5, 0.6) is 0 Å². The highest BCUT2D eigenvalue weighted by Gasteiger charge is 2.58. The average Bonchev–Trinajstić information content (AvgIpc) is 2.37. The molecule has 0 heterocycles. The van der Waals surface area contributed by atoms with Crippen LogP contribution in [0.1, 0.15) is 66.7 Å². The van der Waals surface area contributed by atoms with Crippen molar-refractivity contribution in [1.82, 2.24) is 10.6 Å². The minimum absolute atomic E-state index is 0.285. The number of hydrogen-bond donors (Lipinski definition) is 2. The zero-order valence-corrected chi connectivity index (χ0v) is 15.4. The van der Waals surface area contributed by atoms with Gasteiger partial charge in [0, 0.05) is 30.7 Å². The summed E-state index contributed by atoms with van der Waals surface area (Å²) in [5.41, 5.74) is -0.0940.